The van der Waals surface area contributed by atoms with E-state index in [-0.39, 0.29) is 11.7 Å². The van der Waals surface area contributed by atoms with Crippen molar-refractivity contribution in [1.29, 1.82) is 0 Å². The third-order valence-electron chi connectivity index (χ3n) is 3.94. The summed E-state index contributed by atoms with van der Waals surface area (Å²) in [5, 5.41) is 6.02. The number of imidazole rings is 1. The summed E-state index contributed by atoms with van der Waals surface area (Å²) >= 11 is 0. The minimum atomic E-state index is -0.264. The molecule has 0 aliphatic rings. The molecule has 0 aliphatic heterocycles. The van der Waals surface area contributed by atoms with E-state index in [1.165, 1.54) is 12.1 Å². The van der Waals surface area contributed by atoms with Crippen molar-refractivity contribution in [3.05, 3.63) is 54.4 Å². The maximum absolute atomic E-state index is 13.3. The molecular weight excluding hydrogens is 321 g/mol. The lowest BCUT2D eigenvalue weighted by Crippen LogP contribution is -2.24. The van der Waals surface area contributed by atoms with Gasteiger partial charge in [-0.3, -0.25) is 9.78 Å². The van der Waals surface area contributed by atoms with Gasteiger partial charge in [-0.2, -0.15) is 0 Å². The summed E-state index contributed by atoms with van der Waals surface area (Å²) in [4.78, 5) is 20.3. The van der Waals surface area contributed by atoms with E-state index in [4.69, 9.17) is 0 Å². The largest absolute Gasteiger partial charge is 0.331 e. The molecule has 2 heterocycles. The SMILES string of the molecule is Cn1c(CCNCCC(=O)Nc2cccnc2)nc2ccc(F)cc21. The number of nitrogens with zero attached hydrogens (tertiary/aromatic N) is 3. The number of nitrogens with one attached hydrogen (secondary N) is 2. The molecule has 0 spiro atoms. The lowest BCUT2D eigenvalue weighted by Gasteiger charge is -2.06. The normalized spacial score (nSPS) is 11.0. The van der Waals surface area contributed by atoms with Gasteiger partial charge in [0.1, 0.15) is 11.6 Å². The third kappa shape index (κ3) is 4.39. The maximum atomic E-state index is 13.3. The lowest BCUT2D eigenvalue weighted by molar-refractivity contribution is -0.116. The lowest BCUT2D eigenvalue weighted by atomic mass is 10.3. The van der Waals surface area contributed by atoms with Gasteiger partial charge in [0.15, 0.2) is 0 Å². The van der Waals surface area contributed by atoms with Crippen molar-refractivity contribution in [2.75, 3.05) is 18.4 Å². The van der Waals surface area contributed by atoms with Crippen LogP contribution in [0.5, 0.6) is 0 Å². The van der Waals surface area contributed by atoms with E-state index in [1.54, 1.807) is 30.6 Å². The molecule has 25 heavy (non-hydrogen) atoms. The van der Waals surface area contributed by atoms with Gasteiger partial charge in [0.25, 0.3) is 0 Å². The highest BCUT2D eigenvalue weighted by atomic mass is 19.1. The van der Waals surface area contributed by atoms with Gasteiger partial charge < -0.3 is 15.2 Å². The Kier molecular flexibility index (Phi) is 5.35. The predicted octanol–water partition coefficient (Wildman–Crippen LogP) is 2.27. The van der Waals surface area contributed by atoms with Gasteiger partial charge in [-0.15, -0.1) is 0 Å². The Morgan fingerprint density at radius 3 is 2.96 bits per heavy atom. The van der Waals surface area contributed by atoms with Crippen molar-refractivity contribution in [1.82, 2.24) is 19.9 Å². The van der Waals surface area contributed by atoms with Gasteiger partial charge in [-0.1, -0.05) is 0 Å². The third-order valence-corrected chi connectivity index (χ3v) is 3.94. The predicted molar refractivity (Wildman–Crippen MR) is 94.7 cm³/mol. The van der Waals surface area contributed by atoms with Crippen LogP contribution in [0.2, 0.25) is 0 Å². The number of aromatic nitrogens is 3. The van der Waals surface area contributed by atoms with Crippen molar-refractivity contribution >= 4 is 22.6 Å². The van der Waals surface area contributed by atoms with Crippen LogP contribution in [0.1, 0.15) is 12.2 Å². The van der Waals surface area contributed by atoms with Gasteiger partial charge in [-0.05, 0) is 30.3 Å². The molecule has 0 saturated carbocycles. The van der Waals surface area contributed by atoms with Crippen molar-refractivity contribution in [3.63, 3.8) is 0 Å². The summed E-state index contributed by atoms with van der Waals surface area (Å²) in [6.45, 7) is 1.27. The first-order chi connectivity index (χ1) is 12.1. The van der Waals surface area contributed by atoms with Crippen LogP contribution in [0.3, 0.4) is 0 Å². The van der Waals surface area contributed by atoms with Gasteiger partial charge in [0, 0.05) is 39.2 Å². The second-order valence-corrected chi connectivity index (χ2v) is 5.76. The number of carbonyl (C=O) groups is 1. The molecule has 0 radical (unpaired) electrons. The van der Waals surface area contributed by atoms with E-state index < -0.39 is 0 Å². The molecule has 6 nitrogen and oxygen atoms in total. The van der Waals surface area contributed by atoms with E-state index in [0.717, 1.165) is 16.9 Å². The highest BCUT2D eigenvalue weighted by Crippen LogP contribution is 2.16. The van der Waals surface area contributed by atoms with Gasteiger partial charge in [-0.25, -0.2) is 9.37 Å². The van der Waals surface area contributed by atoms with E-state index >= 15 is 0 Å². The maximum Gasteiger partial charge on any atom is 0.225 e. The number of rotatable bonds is 7. The summed E-state index contributed by atoms with van der Waals surface area (Å²) in [5.41, 5.74) is 2.26. The van der Waals surface area contributed by atoms with Crippen LogP contribution in [0.15, 0.2) is 42.7 Å². The molecule has 130 valence electrons. The molecule has 0 atom stereocenters. The smallest absolute Gasteiger partial charge is 0.225 e. The first kappa shape index (κ1) is 17.0. The number of anilines is 1. The van der Waals surface area contributed by atoms with Gasteiger partial charge in [0.2, 0.25) is 5.91 Å². The number of hydrogen-bond acceptors (Lipinski definition) is 4. The van der Waals surface area contributed by atoms with Crippen molar-refractivity contribution in [2.45, 2.75) is 12.8 Å². The average molecular weight is 341 g/mol. The van der Waals surface area contributed by atoms with Crippen LogP contribution in [0.4, 0.5) is 10.1 Å². The topological polar surface area (TPSA) is 71.8 Å². The van der Waals surface area contributed by atoms with Gasteiger partial charge >= 0.3 is 0 Å². The zero-order chi connectivity index (χ0) is 17.6. The standard InChI is InChI=1S/C18H20FN5O/c1-24-16-11-13(19)4-5-15(16)23-17(24)6-9-20-10-7-18(25)22-14-3-2-8-21-12-14/h2-5,8,11-12,20H,6-7,9-10H2,1H3,(H,22,25). The Morgan fingerprint density at radius 1 is 1.28 bits per heavy atom. The molecule has 0 saturated heterocycles. The summed E-state index contributed by atoms with van der Waals surface area (Å²) in [6.07, 6.45) is 4.35. The fraction of sp³-hybridized carbons (Fsp3) is 0.278. The fourth-order valence-electron chi connectivity index (χ4n) is 2.62. The van der Waals surface area contributed by atoms with E-state index in [0.29, 0.717) is 31.6 Å². The molecule has 0 aliphatic carbocycles. The quantitative estimate of drug-likeness (QED) is 0.647. The molecule has 1 amide bonds. The zero-order valence-corrected chi connectivity index (χ0v) is 14.0. The number of carbonyl (C=O) groups excluding carboxylic acids is 1. The van der Waals surface area contributed by atoms with Crippen LogP contribution in [-0.2, 0) is 18.3 Å². The van der Waals surface area contributed by atoms with Crippen LogP contribution in [-0.4, -0.2) is 33.5 Å². The zero-order valence-electron chi connectivity index (χ0n) is 14.0. The monoisotopic (exact) mass is 341 g/mol. The average Bonchev–Trinajstić information content (AvgIpc) is 2.91. The summed E-state index contributed by atoms with van der Waals surface area (Å²) in [6, 6.07) is 8.16. The van der Waals surface area contributed by atoms with Crippen molar-refractivity contribution < 1.29 is 9.18 Å². The van der Waals surface area contributed by atoms with Crippen molar-refractivity contribution in [3.8, 4) is 0 Å². The molecule has 3 aromatic rings. The first-order valence-electron chi connectivity index (χ1n) is 8.15. The molecule has 2 aromatic heterocycles. The minimum absolute atomic E-state index is 0.0568. The minimum Gasteiger partial charge on any atom is -0.331 e. The molecule has 1 aromatic carbocycles. The number of hydrogen-bond donors (Lipinski definition) is 2. The van der Waals surface area contributed by atoms with E-state index in [9.17, 15) is 9.18 Å². The molecule has 3 rings (SSSR count). The Balaban J connectivity index is 1.43. The second-order valence-electron chi connectivity index (χ2n) is 5.76. The Labute approximate surface area is 145 Å². The second kappa shape index (κ2) is 7.85. The number of fused-ring (bicyclic) bond motifs is 1. The first-order valence-corrected chi connectivity index (χ1v) is 8.15. The van der Waals surface area contributed by atoms with Crippen LogP contribution >= 0.6 is 0 Å². The number of pyridine rings is 1. The van der Waals surface area contributed by atoms with Crippen LogP contribution in [0, 0.1) is 5.82 Å². The Hall–Kier alpha value is -2.80. The molecular formula is C18H20FN5O. The Morgan fingerprint density at radius 2 is 2.16 bits per heavy atom. The van der Waals surface area contributed by atoms with E-state index in [2.05, 4.69) is 20.6 Å². The number of amides is 1. The van der Waals surface area contributed by atoms with Crippen LogP contribution in [0.25, 0.3) is 11.0 Å². The number of aryl methyl sites for hydroxylation is 1. The number of halogens is 1. The molecule has 7 heteroatoms. The highest BCUT2D eigenvalue weighted by molar-refractivity contribution is 5.90. The molecule has 0 fully saturated rings. The Bertz CT molecular complexity index is 863. The number of benzene rings is 1. The van der Waals surface area contributed by atoms with Crippen LogP contribution < -0.4 is 10.6 Å². The van der Waals surface area contributed by atoms with Gasteiger partial charge in [0.05, 0.1) is 22.9 Å². The fourth-order valence-corrected chi connectivity index (χ4v) is 2.62. The summed E-state index contributed by atoms with van der Waals surface area (Å²) < 4.78 is 15.2. The summed E-state index contributed by atoms with van der Waals surface area (Å²) in [5.74, 6) is 0.562. The van der Waals surface area contributed by atoms with E-state index in [1.807, 2.05) is 11.6 Å². The summed E-state index contributed by atoms with van der Waals surface area (Å²) in [7, 11) is 1.88. The van der Waals surface area contributed by atoms with Crippen molar-refractivity contribution in [2.24, 2.45) is 7.05 Å². The highest BCUT2D eigenvalue weighted by Gasteiger charge is 2.08. The molecule has 0 unspecified atom stereocenters. The molecule has 2 N–H and O–H groups in total. The molecule has 0 bridgehead atoms.